The van der Waals surface area contributed by atoms with Crippen LogP contribution in [0.2, 0.25) is 0 Å². The lowest BCUT2D eigenvalue weighted by atomic mass is 10.2. The van der Waals surface area contributed by atoms with E-state index in [-0.39, 0.29) is 29.9 Å². The quantitative estimate of drug-likeness (QED) is 0.242. The van der Waals surface area contributed by atoms with Gasteiger partial charge in [0.25, 0.3) is 0 Å². The van der Waals surface area contributed by atoms with Gasteiger partial charge in [-0.15, -0.1) is 24.0 Å². The first-order chi connectivity index (χ1) is 12.3. The van der Waals surface area contributed by atoms with E-state index >= 15 is 0 Å². The molecule has 1 heterocycles. The van der Waals surface area contributed by atoms with Gasteiger partial charge in [0, 0.05) is 38.8 Å². The minimum Gasteiger partial charge on any atom is -0.356 e. The van der Waals surface area contributed by atoms with Crippen molar-refractivity contribution in [3.05, 3.63) is 29.8 Å². The van der Waals surface area contributed by atoms with Crippen molar-refractivity contribution >= 4 is 53.3 Å². The minimum atomic E-state index is 0. The van der Waals surface area contributed by atoms with Crippen LogP contribution in [0, 0.1) is 0 Å². The number of benzene rings is 1. The summed E-state index contributed by atoms with van der Waals surface area (Å²) in [7, 11) is 1.78. The number of para-hydroxylation sites is 1. The smallest absolute Gasteiger partial charge is 0.227 e. The number of carbonyl (C=O) groups excluding carboxylic acids is 1. The van der Waals surface area contributed by atoms with Crippen molar-refractivity contribution in [3.63, 3.8) is 0 Å². The van der Waals surface area contributed by atoms with E-state index in [0.717, 1.165) is 50.5 Å². The van der Waals surface area contributed by atoms with Crippen LogP contribution in [-0.4, -0.2) is 50.6 Å². The molecule has 0 radical (unpaired) electrons. The minimum absolute atomic E-state index is 0. The van der Waals surface area contributed by atoms with E-state index in [1.807, 2.05) is 34.9 Å². The number of amides is 1. The summed E-state index contributed by atoms with van der Waals surface area (Å²) in [5.41, 5.74) is 2.36. The van der Waals surface area contributed by atoms with Crippen LogP contribution in [0.25, 0.3) is 0 Å². The number of hydrogen-bond acceptors (Lipinski definition) is 3. The van der Waals surface area contributed by atoms with Gasteiger partial charge in [-0.1, -0.05) is 18.2 Å². The van der Waals surface area contributed by atoms with Crippen molar-refractivity contribution in [1.82, 2.24) is 10.6 Å². The van der Waals surface area contributed by atoms with E-state index < -0.39 is 0 Å². The van der Waals surface area contributed by atoms with Gasteiger partial charge >= 0.3 is 0 Å². The maximum absolute atomic E-state index is 12.4. The first-order valence-corrected chi connectivity index (χ1v) is 10.5. The molecule has 2 rings (SSSR count). The number of rotatable bonds is 9. The Morgan fingerprint density at radius 1 is 1.19 bits per heavy atom. The predicted molar refractivity (Wildman–Crippen MR) is 124 cm³/mol. The molecular weight excluding hydrogens is 459 g/mol. The van der Waals surface area contributed by atoms with Gasteiger partial charge in [-0.3, -0.25) is 9.79 Å². The standard InChI is InChI=1S/C19H30N4OS.HI/c1-20-19(21-12-5-6-15-25-2)22-13-7-10-18(24)23-14-11-16-8-3-4-9-17(16)23;/h3-4,8-9H,5-7,10-15H2,1-2H3,(H2,20,21,22);1H. The fourth-order valence-electron chi connectivity index (χ4n) is 2.98. The van der Waals surface area contributed by atoms with Crippen molar-refractivity contribution in [2.24, 2.45) is 4.99 Å². The molecule has 26 heavy (non-hydrogen) atoms. The zero-order chi connectivity index (χ0) is 17.9. The van der Waals surface area contributed by atoms with E-state index in [9.17, 15) is 4.79 Å². The molecule has 0 bridgehead atoms. The molecule has 1 aromatic carbocycles. The van der Waals surface area contributed by atoms with Crippen LogP contribution in [0.15, 0.2) is 29.3 Å². The van der Waals surface area contributed by atoms with Gasteiger partial charge < -0.3 is 15.5 Å². The molecule has 0 fully saturated rings. The molecule has 0 saturated carbocycles. The van der Waals surface area contributed by atoms with Gasteiger partial charge in [0.05, 0.1) is 0 Å². The Morgan fingerprint density at radius 3 is 2.65 bits per heavy atom. The molecule has 0 aromatic heterocycles. The van der Waals surface area contributed by atoms with Crippen LogP contribution < -0.4 is 15.5 Å². The highest BCUT2D eigenvalue weighted by Gasteiger charge is 2.23. The largest absolute Gasteiger partial charge is 0.356 e. The number of halogens is 1. The topological polar surface area (TPSA) is 56.7 Å². The number of carbonyl (C=O) groups is 1. The zero-order valence-electron chi connectivity index (χ0n) is 15.8. The van der Waals surface area contributed by atoms with Crippen molar-refractivity contribution < 1.29 is 4.79 Å². The van der Waals surface area contributed by atoms with Crippen LogP contribution in [0.5, 0.6) is 0 Å². The molecule has 0 aliphatic carbocycles. The number of nitrogens with one attached hydrogen (secondary N) is 2. The number of fused-ring (bicyclic) bond motifs is 1. The second-order valence-electron chi connectivity index (χ2n) is 6.15. The molecule has 0 atom stereocenters. The number of anilines is 1. The van der Waals surface area contributed by atoms with E-state index in [1.54, 1.807) is 7.05 Å². The highest BCUT2D eigenvalue weighted by molar-refractivity contribution is 14.0. The highest BCUT2D eigenvalue weighted by Crippen LogP contribution is 2.27. The normalized spacial score (nSPS) is 13.2. The lowest BCUT2D eigenvalue weighted by molar-refractivity contribution is -0.118. The summed E-state index contributed by atoms with van der Waals surface area (Å²) in [4.78, 5) is 18.6. The fraction of sp³-hybridized carbons (Fsp3) is 0.579. The van der Waals surface area contributed by atoms with E-state index in [0.29, 0.717) is 6.42 Å². The molecule has 1 aliphatic heterocycles. The van der Waals surface area contributed by atoms with Crippen molar-refractivity contribution in [1.29, 1.82) is 0 Å². The van der Waals surface area contributed by atoms with Crippen molar-refractivity contribution in [2.75, 3.05) is 43.6 Å². The van der Waals surface area contributed by atoms with Gasteiger partial charge in [-0.05, 0) is 49.3 Å². The maximum Gasteiger partial charge on any atom is 0.227 e. The first kappa shape index (κ1) is 23.1. The summed E-state index contributed by atoms with van der Waals surface area (Å²) in [5.74, 6) is 2.24. The van der Waals surface area contributed by atoms with Gasteiger partial charge in [-0.25, -0.2) is 0 Å². The van der Waals surface area contributed by atoms with Gasteiger partial charge in [0.1, 0.15) is 0 Å². The molecule has 0 saturated heterocycles. The van der Waals surface area contributed by atoms with Crippen LogP contribution in [-0.2, 0) is 11.2 Å². The summed E-state index contributed by atoms with van der Waals surface area (Å²) >= 11 is 1.88. The molecule has 146 valence electrons. The lowest BCUT2D eigenvalue weighted by Gasteiger charge is -2.17. The van der Waals surface area contributed by atoms with E-state index in [1.165, 1.54) is 17.7 Å². The van der Waals surface area contributed by atoms with Gasteiger partial charge in [0.15, 0.2) is 5.96 Å². The second-order valence-corrected chi connectivity index (χ2v) is 7.14. The Labute approximate surface area is 178 Å². The van der Waals surface area contributed by atoms with Crippen LogP contribution in [0.4, 0.5) is 5.69 Å². The number of unbranched alkanes of at least 4 members (excludes halogenated alkanes) is 1. The Bertz CT molecular complexity index is 582. The Hall–Kier alpha value is -0.960. The molecule has 5 nitrogen and oxygen atoms in total. The lowest BCUT2D eigenvalue weighted by Crippen LogP contribution is -2.38. The predicted octanol–water partition coefficient (Wildman–Crippen LogP) is 3.28. The van der Waals surface area contributed by atoms with Crippen LogP contribution in [0.3, 0.4) is 0 Å². The Balaban J connectivity index is 0.00000338. The SMILES string of the molecule is CN=C(NCCCCSC)NCCCC(=O)N1CCc2ccccc21.I. The Kier molecular flexibility index (Phi) is 11.8. The summed E-state index contributed by atoms with van der Waals surface area (Å²) < 4.78 is 0. The van der Waals surface area contributed by atoms with Crippen molar-refractivity contribution in [3.8, 4) is 0 Å². The van der Waals surface area contributed by atoms with Gasteiger partial charge in [-0.2, -0.15) is 11.8 Å². The highest BCUT2D eigenvalue weighted by atomic mass is 127. The van der Waals surface area contributed by atoms with Gasteiger partial charge in [0.2, 0.25) is 5.91 Å². The summed E-state index contributed by atoms with van der Waals surface area (Å²) in [6, 6.07) is 8.19. The third kappa shape index (κ3) is 7.34. The summed E-state index contributed by atoms with van der Waals surface area (Å²) in [6.07, 6.45) is 6.84. The van der Waals surface area contributed by atoms with E-state index in [4.69, 9.17) is 0 Å². The first-order valence-electron chi connectivity index (χ1n) is 9.08. The molecule has 0 spiro atoms. The molecule has 1 aliphatic rings. The van der Waals surface area contributed by atoms with Crippen LogP contribution >= 0.6 is 35.7 Å². The van der Waals surface area contributed by atoms with Crippen LogP contribution in [0.1, 0.15) is 31.2 Å². The third-order valence-electron chi connectivity index (χ3n) is 4.34. The average Bonchev–Trinajstić information content (AvgIpc) is 3.07. The second kappa shape index (κ2) is 13.2. The maximum atomic E-state index is 12.4. The Morgan fingerprint density at radius 2 is 1.92 bits per heavy atom. The fourth-order valence-corrected chi connectivity index (χ4v) is 3.47. The third-order valence-corrected chi connectivity index (χ3v) is 5.04. The monoisotopic (exact) mass is 490 g/mol. The molecule has 2 N–H and O–H groups in total. The van der Waals surface area contributed by atoms with Crippen molar-refractivity contribution in [2.45, 2.75) is 32.1 Å². The average molecular weight is 490 g/mol. The molecule has 1 aromatic rings. The number of hydrogen-bond donors (Lipinski definition) is 2. The number of guanidine groups is 1. The molecule has 7 heteroatoms. The number of aliphatic imine (C=N–C) groups is 1. The van der Waals surface area contributed by atoms with E-state index in [2.05, 4.69) is 27.9 Å². The number of thioether (sulfide) groups is 1. The summed E-state index contributed by atoms with van der Waals surface area (Å²) in [6.45, 7) is 2.50. The molecule has 1 amide bonds. The number of nitrogens with zero attached hydrogens (tertiary/aromatic N) is 2. The molecular formula is C19H31IN4OS. The summed E-state index contributed by atoms with van der Waals surface area (Å²) in [5, 5.41) is 6.61. The molecule has 0 unspecified atom stereocenters. The zero-order valence-corrected chi connectivity index (χ0v) is 18.9.